The Hall–Kier alpha value is -3.78. The molecule has 1 saturated carbocycles. The topological polar surface area (TPSA) is 72.0 Å². The van der Waals surface area contributed by atoms with Gasteiger partial charge in [0.25, 0.3) is 0 Å². The average Bonchev–Trinajstić information content (AvgIpc) is 3.33. The van der Waals surface area contributed by atoms with Gasteiger partial charge in [0.2, 0.25) is 0 Å². The molecule has 0 radical (unpaired) electrons. The second-order valence-corrected chi connectivity index (χ2v) is 11.0. The summed E-state index contributed by atoms with van der Waals surface area (Å²) in [6, 6.07) is 18.2. The standard InChI is InChI=1S/C30H31FN6S/c1-36(2)22-12-13-23-19(15-22)7-6-10-27(23)38-35-26-14-11-20(16-25(26)31)24-17-37(21-8-4-3-5-9-21)30-28(24)29(32)33-18-34-30/h6-7,10-18,21,35H,3-5,8-9H2,1-2H3,(H2,32,33,34). The van der Waals surface area contributed by atoms with Crippen molar-refractivity contribution in [2.75, 3.05) is 29.5 Å². The molecule has 6 nitrogen and oxygen atoms in total. The second kappa shape index (κ2) is 10.2. The number of rotatable bonds is 6. The first-order chi connectivity index (χ1) is 18.5. The van der Waals surface area contributed by atoms with E-state index >= 15 is 4.39 Å². The monoisotopic (exact) mass is 526 g/mol. The number of hydrogen-bond donors (Lipinski definition) is 2. The Morgan fingerprint density at radius 2 is 1.87 bits per heavy atom. The van der Waals surface area contributed by atoms with Crippen molar-refractivity contribution in [3.05, 3.63) is 72.9 Å². The van der Waals surface area contributed by atoms with Crippen molar-refractivity contribution < 1.29 is 4.39 Å². The maximum atomic E-state index is 15.4. The molecule has 0 bridgehead atoms. The zero-order valence-corrected chi connectivity index (χ0v) is 22.4. The molecule has 1 fully saturated rings. The van der Waals surface area contributed by atoms with Gasteiger partial charge in [0.15, 0.2) is 0 Å². The lowest BCUT2D eigenvalue weighted by molar-refractivity contribution is 0.360. The Bertz CT molecular complexity index is 1620. The number of nitrogen functional groups attached to an aromatic ring is 1. The van der Waals surface area contributed by atoms with Crippen LogP contribution in [0.15, 0.2) is 72.0 Å². The van der Waals surface area contributed by atoms with E-state index < -0.39 is 0 Å². The highest BCUT2D eigenvalue weighted by Gasteiger charge is 2.22. The summed E-state index contributed by atoms with van der Waals surface area (Å²) in [7, 11) is 4.06. The summed E-state index contributed by atoms with van der Waals surface area (Å²) in [6.07, 6.45) is 9.52. The lowest BCUT2D eigenvalue weighted by Crippen LogP contribution is -2.12. The van der Waals surface area contributed by atoms with Crippen LogP contribution in [0.4, 0.5) is 21.6 Å². The van der Waals surface area contributed by atoms with Crippen LogP contribution in [0.25, 0.3) is 32.9 Å². The Morgan fingerprint density at radius 1 is 1.03 bits per heavy atom. The highest BCUT2D eigenvalue weighted by atomic mass is 32.2. The average molecular weight is 527 g/mol. The van der Waals surface area contributed by atoms with Gasteiger partial charge < -0.3 is 19.9 Å². The van der Waals surface area contributed by atoms with Gasteiger partial charge in [-0.3, -0.25) is 0 Å². The zero-order valence-electron chi connectivity index (χ0n) is 21.6. The first-order valence-corrected chi connectivity index (χ1v) is 13.8. The van der Waals surface area contributed by atoms with Crippen LogP contribution in [0, 0.1) is 5.82 Å². The van der Waals surface area contributed by atoms with Crippen LogP contribution in [-0.4, -0.2) is 28.6 Å². The third-order valence-corrected chi connectivity index (χ3v) is 8.40. The molecule has 1 aliphatic rings. The first kappa shape index (κ1) is 24.6. The van der Waals surface area contributed by atoms with Crippen molar-refractivity contribution in [1.29, 1.82) is 0 Å². The number of nitrogens with one attached hydrogen (secondary N) is 1. The van der Waals surface area contributed by atoms with E-state index in [-0.39, 0.29) is 5.82 Å². The van der Waals surface area contributed by atoms with Gasteiger partial charge >= 0.3 is 0 Å². The van der Waals surface area contributed by atoms with E-state index in [2.05, 4.69) is 54.6 Å². The molecule has 8 heteroatoms. The first-order valence-electron chi connectivity index (χ1n) is 13.0. The molecule has 0 unspecified atom stereocenters. The number of hydrogen-bond acceptors (Lipinski definition) is 6. The Morgan fingerprint density at radius 3 is 2.66 bits per heavy atom. The van der Waals surface area contributed by atoms with Crippen molar-refractivity contribution in [2.45, 2.75) is 43.0 Å². The molecule has 2 aromatic heterocycles. The van der Waals surface area contributed by atoms with Crippen molar-refractivity contribution in [1.82, 2.24) is 14.5 Å². The SMILES string of the molecule is CN(C)c1ccc2c(SNc3ccc(-c4cn(C5CCCCC5)c5ncnc(N)c45)cc3F)cccc2c1. The molecule has 0 amide bonds. The fourth-order valence-electron chi connectivity index (χ4n) is 5.45. The second-order valence-electron chi connectivity index (χ2n) is 10.2. The van der Waals surface area contributed by atoms with Crippen molar-refractivity contribution >= 4 is 50.9 Å². The molecule has 3 aromatic carbocycles. The van der Waals surface area contributed by atoms with E-state index in [1.807, 2.05) is 32.3 Å². The Labute approximate surface area is 226 Å². The maximum Gasteiger partial charge on any atom is 0.147 e. The molecule has 1 aliphatic carbocycles. The molecule has 5 aromatic rings. The van der Waals surface area contributed by atoms with E-state index in [4.69, 9.17) is 5.73 Å². The third-order valence-electron chi connectivity index (χ3n) is 7.50. The number of halogens is 1. The van der Waals surface area contributed by atoms with Gasteiger partial charge in [0.1, 0.15) is 23.6 Å². The lowest BCUT2D eigenvalue weighted by Gasteiger charge is -2.23. The highest BCUT2D eigenvalue weighted by molar-refractivity contribution is 8.00. The minimum Gasteiger partial charge on any atom is -0.383 e. The third kappa shape index (κ3) is 4.53. The molecule has 0 saturated heterocycles. The van der Waals surface area contributed by atoms with Gasteiger partial charge in [-0.2, -0.15) is 0 Å². The van der Waals surface area contributed by atoms with Crippen LogP contribution < -0.4 is 15.4 Å². The number of nitrogens with zero attached hydrogens (tertiary/aromatic N) is 4. The van der Waals surface area contributed by atoms with Gasteiger partial charge in [-0.05, 0) is 71.5 Å². The molecule has 6 rings (SSSR count). The molecule has 38 heavy (non-hydrogen) atoms. The summed E-state index contributed by atoms with van der Waals surface area (Å²) in [5, 5.41) is 3.06. The van der Waals surface area contributed by atoms with E-state index in [9.17, 15) is 0 Å². The molecule has 0 atom stereocenters. The summed E-state index contributed by atoms with van der Waals surface area (Å²) in [6.45, 7) is 0. The van der Waals surface area contributed by atoms with Crippen LogP contribution >= 0.6 is 11.9 Å². The van der Waals surface area contributed by atoms with Crippen LogP contribution in [-0.2, 0) is 0 Å². The van der Waals surface area contributed by atoms with Crippen LogP contribution in [0.3, 0.4) is 0 Å². The van der Waals surface area contributed by atoms with E-state index in [1.54, 1.807) is 12.1 Å². The van der Waals surface area contributed by atoms with Crippen molar-refractivity contribution in [3.8, 4) is 11.1 Å². The minimum absolute atomic E-state index is 0.320. The molecular formula is C30H31FN6S. The molecule has 0 aliphatic heterocycles. The Kier molecular flexibility index (Phi) is 6.57. The summed E-state index contributed by atoms with van der Waals surface area (Å²) >= 11 is 1.41. The van der Waals surface area contributed by atoms with Crippen molar-refractivity contribution in [2.24, 2.45) is 0 Å². The Balaban J connectivity index is 1.29. The van der Waals surface area contributed by atoms with Crippen LogP contribution in [0.2, 0.25) is 0 Å². The van der Waals surface area contributed by atoms with Crippen LogP contribution in [0.1, 0.15) is 38.1 Å². The van der Waals surface area contributed by atoms with Crippen molar-refractivity contribution in [3.63, 3.8) is 0 Å². The van der Waals surface area contributed by atoms with Gasteiger partial charge in [0.05, 0.1) is 11.1 Å². The largest absolute Gasteiger partial charge is 0.383 e. The number of anilines is 3. The lowest BCUT2D eigenvalue weighted by atomic mass is 9.95. The number of aromatic nitrogens is 3. The normalized spacial score (nSPS) is 14.3. The molecule has 0 spiro atoms. The number of nitrogens with two attached hydrogens (primary N) is 1. The maximum absolute atomic E-state index is 15.4. The van der Waals surface area contributed by atoms with Gasteiger partial charge in [-0.1, -0.05) is 43.5 Å². The summed E-state index contributed by atoms with van der Waals surface area (Å²) in [5.74, 6) is 0.102. The minimum atomic E-state index is -0.320. The van der Waals surface area contributed by atoms with E-state index in [0.29, 0.717) is 17.5 Å². The molecule has 3 N–H and O–H groups in total. The summed E-state index contributed by atoms with van der Waals surface area (Å²) in [4.78, 5) is 11.9. The van der Waals surface area contributed by atoms with Gasteiger partial charge in [-0.25, -0.2) is 14.4 Å². The quantitative estimate of drug-likeness (QED) is 0.221. The number of benzene rings is 3. The van der Waals surface area contributed by atoms with E-state index in [1.165, 1.54) is 37.5 Å². The van der Waals surface area contributed by atoms with Gasteiger partial charge in [0, 0.05) is 42.5 Å². The molecular weight excluding hydrogens is 495 g/mol. The predicted octanol–water partition coefficient (Wildman–Crippen LogP) is 7.66. The predicted molar refractivity (Wildman–Crippen MR) is 157 cm³/mol. The van der Waals surface area contributed by atoms with E-state index in [0.717, 1.165) is 56.4 Å². The molecule has 194 valence electrons. The summed E-state index contributed by atoms with van der Waals surface area (Å²) < 4.78 is 20.9. The fourth-order valence-corrected chi connectivity index (χ4v) is 6.28. The highest BCUT2D eigenvalue weighted by Crippen LogP contribution is 2.39. The van der Waals surface area contributed by atoms with Crippen LogP contribution in [0.5, 0.6) is 0 Å². The summed E-state index contributed by atoms with van der Waals surface area (Å²) in [5.41, 5.74) is 10.3. The molecule has 2 heterocycles. The zero-order chi connectivity index (χ0) is 26.2. The number of fused-ring (bicyclic) bond motifs is 2. The smallest absolute Gasteiger partial charge is 0.147 e. The van der Waals surface area contributed by atoms with Gasteiger partial charge in [-0.15, -0.1) is 0 Å². The fraction of sp³-hybridized carbons (Fsp3) is 0.267.